The number of hydrogen-bond donors (Lipinski definition) is 0. The van der Waals surface area contributed by atoms with E-state index in [1.54, 1.807) is 29.0 Å². The molecule has 0 bridgehead atoms. The van der Waals surface area contributed by atoms with Gasteiger partial charge < -0.3 is 4.90 Å². The molecular formula is C19H21N5O. The molecular weight excluding hydrogens is 314 g/mol. The van der Waals surface area contributed by atoms with Crippen LogP contribution in [0.2, 0.25) is 0 Å². The molecule has 25 heavy (non-hydrogen) atoms. The molecule has 0 saturated heterocycles. The number of aromatic nitrogens is 4. The summed E-state index contributed by atoms with van der Waals surface area (Å²) >= 11 is 0. The van der Waals surface area contributed by atoms with E-state index in [0.717, 1.165) is 22.8 Å². The summed E-state index contributed by atoms with van der Waals surface area (Å²) in [6, 6.07) is 11.3. The number of nitrogens with zero attached hydrogens (tertiary/aromatic N) is 5. The lowest BCUT2D eigenvalue weighted by Gasteiger charge is -2.25. The molecule has 0 aliphatic heterocycles. The zero-order valence-electron chi connectivity index (χ0n) is 14.8. The molecule has 0 radical (unpaired) electrons. The Morgan fingerprint density at radius 3 is 2.48 bits per heavy atom. The average Bonchev–Trinajstić information content (AvgIpc) is 2.99. The highest BCUT2D eigenvalue weighted by Gasteiger charge is 2.19. The van der Waals surface area contributed by atoms with E-state index in [1.165, 1.54) is 0 Å². The van der Waals surface area contributed by atoms with E-state index in [2.05, 4.69) is 15.1 Å². The Kier molecular flexibility index (Phi) is 4.61. The minimum Gasteiger partial charge on any atom is -0.335 e. The third-order valence-electron chi connectivity index (χ3n) is 4.33. The summed E-state index contributed by atoms with van der Waals surface area (Å²) in [7, 11) is 3.66. The molecule has 0 aliphatic rings. The van der Waals surface area contributed by atoms with Crippen LogP contribution in [0.25, 0.3) is 11.4 Å². The largest absolute Gasteiger partial charge is 0.335 e. The molecule has 0 N–H and O–H groups in total. The Bertz CT molecular complexity index is 871. The van der Waals surface area contributed by atoms with Crippen LogP contribution in [0.15, 0.2) is 48.8 Å². The highest BCUT2D eigenvalue weighted by atomic mass is 16.2. The maximum absolute atomic E-state index is 12.8. The van der Waals surface area contributed by atoms with Gasteiger partial charge >= 0.3 is 0 Å². The quantitative estimate of drug-likeness (QED) is 0.735. The minimum absolute atomic E-state index is 0.0305. The van der Waals surface area contributed by atoms with E-state index in [4.69, 9.17) is 0 Å². The van der Waals surface area contributed by atoms with Crippen molar-refractivity contribution < 1.29 is 4.79 Å². The SMILES string of the molecule is Cc1nc(-c2ccc(C(=O)N(C)C(C)c3cccnc3)cc2)n(C)n1. The number of amides is 1. The molecule has 1 atom stereocenters. The van der Waals surface area contributed by atoms with Crippen molar-refractivity contribution in [3.8, 4) is 11.4 Å². The Morgan fingerprint density at radius 1 is 1.20 bits per heavy atom. The highest BCUT2D eigenvalue weighted by molar-refractivity contribution is 5.94. The molecule has 0 aliphatic carbocycles. The first kappa shape index (κ1) is 16.8. The van der Waals surface area contributed by atoms with E-state index < -0.39 is 0 Å². The van der Waals surface area contributed by atoms with Gasteiger partial charge in [0.05, 0.1) is 6.04 Å². The first-order valence-corrected chi connectivity index (χ1v) is 8.12. The summed E-state index contributed by atoms with van der Waals surface area (Å²) in [6.07, 6.45) is 3.51. The van der Waals surface area contributed by atoms with Crippen molar-refractivity contribution >= 4 is 5.91 Å². The van der Waals surface area contributed by atoms with Crippen molar-refractivity contribution in [3.63, 3.8) is 0 Å². The van der Waals surface area contributed by atoms with Crippen LogP contribution in [0, 0.1) is 6.92 Å². The van der Waals surface area contributed by atoms with Crippen LogP contribution in [0.3, 0.4) is 0 Å². The van der Waals surface area contributed by atoms with Gasteiger partial charge in [-0.1, -0.05) is 18.2 Å². The monoisotopic (exact) mass is 335 g/mol. The van der Waals surface area contributed by atoms with Crippen molar-refractivity contribution in [3.05, 3.63) is 65.7 Å². The van der Waals surface area contributed by atoms with Gasteiger partial charge in [-0.15, -0.1) is 0 Å². The number of aryl methyl sites for hydroxylation is 2. The fourth-order valence-electron chi connectivity index (χ4n) is 2.75. The van der Waals surface area contributed by atoms with Gasteiger partial charge in [-0.05, 0) is 37.6 Å². The van der Waals surface area contributed by atoms with Crippen LogP contribution >= 0.6 is 0 Å². The van der Waals surface area contributed by atoms with E-state index in [1.807, 2.05) is 57.3 Å². The lowest BCUT2D eigenvalue weighted by Crippen LogP contribution is -2.29. The van der Waals surface area contributed by atoms with Crippen molar-refractivity contribution in [1.82, 2.24) is 24.6 Å². The predicted molar refractivity (Wildman–Crippen MR) is 95.9 cm³/mol. The predicted octanol–water partition coefficient (Wildman–Crippen LogP) is 3.02. The number of benzene rings is 1. The van der Waals surface area contributed by atoms with Crippen LogP contribution < -0.4 is 0 Å². The molecule has 2 heterocycles. The summed E-state index contributed by atoms with van der Waals surface area (Å²) in [6.45, 7) is 3.85. The zero-order chi connectivity index (χ0) is 18.0. The van der Waals surface area contributed by atoms with Gasteiger partial charge in [-0.2, -0.15) is 5.10 Å². The first-order valence-electron chi connectivity index (χ1n) is 8.12. The maximum Gasteiger partial charge on any atom is 0.254 e. The molecule has 0 fully saturated rings. The van der Waals surface area contributed by atoms with Gasteiger partial charge in [0.2, 0.25) is 0 Å². The van der Waals surface area contributed by atoms with Crippen molar-refractivity contribution in [1.29, 1.82) is 0 Å². The molecule has 1 aromatic carbocycles. The van der Waals surface area contributed by atoms with E-state index >= 15 is 0 Å². The molecule has 6 heteroatoms. The summed E-state index contributed by atoms with van der Waals surface area (Å²) in [5.74, 6) is 1.48. The van der Waals surface area contributed by atoms with Crippen molar-refractivity contribution in [2.24, 2.45) is 7.05 Å². The summed E-state index contributed by atoms with van der Waals surface area (Å²) < 4.78 is 1.74. The Hall–Kier alpha value is -3.02. The van der Waals surface area contributed by atoms with Gasteiger partial charge in [0.25, 0.3) is 5.91 Å². The van der Waals surface area contributed by atoms with Crippen LogP contribution in [0.5, 0.6) is 0 Å². The molecule has 3 aromatic rings. The zero-order valence-corrected chi connectivity index (χ0v) is 14.8. The number of pyridine rings is 1. The molecule has 0 saturated carbocycles. The van der Waals surface area contributed by atoms with Gasteiger partial charge in [0.15, 0.2) is 5.82 Å². The molecule has 3 rings (SSSR count). The molecule has 6 nitrogen and oxygen atoms in total. The van der Waals surface area contributed by atoms with Crippen LogP contribution in [-0.4, -0.2) is 37.6 Å². The maximum atomic E-state index is 12.8. The molecule has 2 aromatic heterocycles. The number of carbonyl (C=O) groups is 1. The highest BCUT2D eigenvalue weighted by Crippen LogP contribution is 2.22. The second kappa shape index (κ2) is 6.84. The van der Waals surface area contributed by atoms with Crippen molar-refractivity contribution in [2.45, 2.75) is 19.9 Å². The topological polar surface area (TPSA) is 63.9 Å². The molecule has 1 unspecified atom stereocenters. The van der Waals surface area contributed by atoms with Gasteiger partial charge in [-0.25, -0.2) is 9.67 Å². The number of carbonyl (C=O) groups excluding carboxylic acids is 1. The molecule has 1 amide bonds. The fraction of sp³-hybridized carbons (Fsp3) is 0.263. The van der Waals surface area contributed by atoms with Gasteiger partial charge in [0, 0.05) is 37.6 Å². The Labute approximate surface area is 147 Å². The van der Waals surface area contributed by atoms with Crippen LogP contribution in [0.1, 0.15) is 34.7 Å². The van der Waals surface area contributed by atoms with Gasteiger partial charge in [-0.3, -0.25) is 9.78 Å². The summed E-state index contributed by atoms with van der Waals surface area (Å²) in [5, 5.41) is 4.25. The number of hydrogen-bond acceptors (Lipinski definition) is 4. The van der Waals surface area contributed by atoms with Crippen molar-refractivity contribution in [2.75, 3.05) is 7.05 Å². The third kappa shape index (κ3) is 3.42. The van der Waals surface area contributed by atoms with E-state index in [0.29, 0.717) is 5.56 Å². The lowest BCUT2D eigenvalue weighted by atomic mass is 10.1. The van der Waals surface area contributed by atoms with E-state index in [-0.39, 0.29) is 11.9 Å². The summed E-state index contributed by atoms with van der Waals surface area (Å²) in [4.78, 5) is 23.0. The van der Waals surface area contributed by atoms with E-state index in [9.17, 15) is 4.79 Å². The number of rotatable bonds is 4. The molecule has 128 valence electrons. The molecule has 0 spiro atoms. The van der Waals surface area contributed by atoms with Crippen LogP contribution in [-0.2, 0) is 7.05 Å². The van der Waals surface area contributed by atoms with Crippen LogP contribution in [0.4, 0.5) is 0 Å². The Balaban J connectivity index is 1.80. The second-order valence-corrected chi connectivity index (χ2v) is 6.06. The fourth-order valence-corrected chi connectivity index (χ4v) is 2.75. The summed E-state index contributed by atoms with van der Waals surface area (Å²) in [5.41, 5.74) is 2.58. The van der Waals surface area contributed by atoms with Gasteiger partial charge in [0.1, 0.15) is 5.82 Å². The standard InChI is InChI=1S/C19H21N5O/c1-13(17-6-5-11-20-12-17)23(3)19(25)16-9-7-15(8-10-16)18-21-14(2)22-24(18)4/h5-13H,1-4H3. The second-order valence-electron chi connectivity index (χ2n) is 6.06. The average molecular weight is 335 g/mol. The third-order valence-corrected chi connectivity index (χ3v) is 4.33. The minimum atomic E-state index is -0.0535. The first-order chi connectivity index (χ1) is 12.0. The lowest BCUT2D eigenvalue weighted by molar-refractivity contribution is 0.0742. The Morgan fingerprint density at radius 2 is 1.92 bits per heavy atom. The normalized spacial score (nSPS) is 12.0. The smallest absolute Gasteiger partial charge is 0.254 e.